The Bertz CT molecular complexity index is 634. The maximum absolute atomic E-state index is 11.7. The smallest absolute Gasteiger partial charge is 0.325 e. The van der Waals surface area contributed by atoms with Gasteiger partial charge in [-0.25, -0.2) is 4.79 Å². The Morgan fingerprint density at radius 1 is 1.30 bits per heavy atom. The van der Waals surface area contributed by atoms with E-state index in [1.807, 2.05) is 42.1 Å². The van der Waals surface area contributed by atoms with Crippen molar-refractivity contribution < 1.29 is 14.3 Å². The number of ether oxygens (including phenoxy) is 1. The molecule has 2 aromatic rings. The van der Waals surface area contributed by atoms with Crippen molar-refractivity contribution in [3.8, 4) is 0 Å². The summed E-state index contributed by atoms with van der Waals surface area (Å²) in [5.74, 6) is -0.458. The standard InChI is InChI=1S/C14H17N3O3/c1-3-20-13(18)8-15-14(19)16-11-9-17(2)12-7-5-4-6-10(11)12/h4-7,9H,3,8H2,1-2H3,(H2,15,16,19). The third kappa shape index (κ3) is 3.09. The van der Waals surface area contributed by atoms with Gasteiger partial charge >= 0.3 is 12.0 Å². The molecule has 0 saturated carbocycles. The van der Waals surface area contributed by atoms with E-state index in [9.17, 15) is 9.59 Å². The number of aryl methyl sites for hydroxylation is 1. The Hall–Kier alpha value is -2.50. The van der Waals surface area contributed by atoms with Crippen molar-refractivity contribution in [3.05, 3.63) is 30.5 Å². The van der Waals surface area contributed by atoms with Crippen molar-refractivity contribution in [2.45, 2.75) is 6.92 Å². The van der Waals surface area contributed by atoms with Crippen molar-refractivity contribution in [2.24, 2.45) is 7.05 Å². The molecule has 0 saturated heterocycles. The fourth-order valence-electron chi connectivity index (χ4n) is 1.97. The number of carbonyl (C=O) groups is 2. The molecule has 6 nitrogen and oxygen atoms in total. The molecule has 0 unspecified atom stereocenters. The minimum Gasteiger partial charge on any atom is -0.465 e. The number of rotatable bonds is 4. The third-order valence-electron chi connectivity index (χ3n) is 2.84. The van der Waals surface area contributed by atoms with Crippen LogP contribution in [0.5, 0.6) is 0 Å². The second-order valence-corrected chi connectivity index (χ2v) is 4.28. The van der Waals surface area contributed by atoms with Gasteiger partial charge in [-0.15, -0.1) is 0 Å². The third-order valence-corrected chi connectivity index (χ3v) is 2.84. The van der Waals surface area contributed by atoms with Gasteiger partial charge in [-0.05, 0) is 13.0 Å². The SMILES string of the molecule is CCOC(=O)CNC(=O)Nc1cn(C)c2ccccc12. The zero-order valence-corrected chi connectivity index (χ0v) is 11.5. The molecule has 20 heavy (non-hydrogen) atoms. The van der Waals surface area contributed by atoms with Crippen LogP contribution in [0, 0.1) is 0 Å². The average molecular weight is 275 g/mol. The lowest BCUT2D eigenvalue weighted by Gasteiger charge is -2.06. The number of hydrogen-bond acceptors (Lipinski definition) is 3. The van der Waals surface area contributed by atoms with E-state index in [1.54, 1.807) is 6.92 Å². The van der Waals surface area contributed by atoms with Crippen molar-refractivity contribution >= 4 is 28.6 Å². The Morgan fingerprint density at radius 2 is 2.05 bits per heavy atom. The minimum atomic E-state index is -0.458. The first-order valence-electron chi connectivity index (χ1n) is 6.36. The molecule has 1 aromatic heterocycles. The fourth-order valence-corrected chi connectivity index (χ4v) is 1.97. The number of amides is 2. The van der Waals surface area contributed by atoms with E-state index in [0.717, 1.165) is 10.9 Å². The number of esters is 1. The van der Waals surface area contributed by atoms with Crippen LogP contribution in [-0.4, -0.2) is 29.7 Å². The molecule has 0 radical (unpaired) electrons. The highest BCUT2D eigenvalue weighted by molar-refractivity contribution is 6.01. The van der Waals surface area contributed by atoms with E-state index in [0.29, 0.717) is 12.3 Å². The topological polar surface area (TPSA) is 72.4 Å². The molecule has 0 bridgehead atoms. The number of para-hydroxylation sites is 1. The maximum Gasteiger partial charge on any atom is 0.325 e. The van der Waals surface area contributed by atoms with Gasteiger partial charge in [0, 0.05) is 24.1 Å². The number of carbonyl (C=O) groups excluding carboxylic acids is 2. The summed E-state index contributed by atoms with van der Waals surface area (Å²) in [4.78, 5) is 22.9. The van der Waals surface area contributed by atoms with Gasteiger partial charge in [0.15, 0.2) is 0 Å². The van der Waals surface area contributed by atoms with Crippen LogP contribution in [0.3, 0.4) is 0 Å². The van der Waals surface area contributed by atoms with Crippen LogP contribution in [0.25, 0.3) is 10.9 Å². The van der Waals surface area contributed by atoms with E-state index >= 15 is 0 Å². The second kappa shape index (κ2) is 6.10. The summed E-state index contributed by atoms with van der Waals surface area (Å²) in [7, 11) is 1.91. The lowest BCUT2D eigenvalue weighted by molar-refractivity contribution is -0.141. The molecule has 2 amide bonds. The monoisotopic (exact) mass is 275 g/mol. The van der Waals surface area contributed by atoms with Crippen LogP contribution in [0.1, 0.15) is 6.92 Å². The minimum absolute atomic E-state index is 0.148. The van der Waals surface area contributed by atoms with Crippen LogP contribution in [0.2, 0.25) is 0 Å². The summed E-state index contributed by atoms with van der Waals surface area (Å²) >= 11 is 0. The lowest BCUT2D eigenvalue weighted by atomic mass is 10.2. The molecule has 2 N–H and O–H groups in total. The van der Waals surface area contributed by atoms with Gasteiger partial charge in [0.25, 0.3) is 0 Å². The van der Waals surface area contributed by atoms with Crippen LogP contribution in [0.15, 0.2) is 30.5 Å². The van der Waals surface area contributed by atoms with Gasteiger partial charge in [-0.1, -0.05) is 18.2 Å². The molecule has 0 aliphatic carbocycles. The van der Waals surface area contributed by atoms with Gasteiger partial charge in [-0.2, -0.15) is 0 Å². The molecule has 2 rings (SSSR count). The Kier molecular flexibility index (Phi) is 4.24. The fraction of sp³-hybridized carbons (Fsp3) is 0.286. The quantitative estimate of drug-likeness (QED) is 0.837. The van der Waals surface area contributed by atoms with E-state index in [2.05, 4.69) is 10.6 Å². The maximum atomic E-state index is 11.7. The molecule has 0 atom stereocenters. The number of anilines is 1. The number of nitrogens with one attached hydrogen (secondary N) is 2. The first-order valence-corrected chi connectivity index (χ1v) is 6.36. The summed E-state index contributed by atoms with van der Waals surface area (Å²) in [6, 6.07) is 7.30. The van der Waals surface area contributed by atoms with Gasteiger partial charge in [0.05, 0.1) is 12.3 Å². The van der Waals surface area contributed by atoms with E-state index in [-0.39, 0.29) is 6.54 Å². The molecular formula is C14H17N3O3. The van der Waals surface area contributed by atoms with E-state index in [4.69, 9.17) is 4.74 Å². The highest BCUT2D eigenvalue weighted by Gasteiger charge is 2.10. The van der Waals surface area contributed by atoms with E-state index < -0.39 is 12.0 Å². The highest BCUT2D eigenvalue weighted by Crippen LogP contribution is 2.24. The van der Waals surface area contributed by atoms with Crippen LogP contribution >= 0.6 is 0 Å². The number of fused-ring (bicyclic) bond motifs is 1. The van der Waals surface area contributed by atoms with Gasteiger partial charge in [0.1, 0.15) is 6.54 Å². The van der Waals surface area contributed by atoms with Crippen molar-refractivity contribution in [1.82, 2.24) is 9.88 Å². The van der Waals surface area contributed by atoms with Crippen molar-refractivity contribution in [3.63, 3.8) is 0 Å². The number of benzene rings is 1. The number of urea groups is 1. The largest absolute Gasteiger partial charge is 0.465 e. The first kappa shape index (κ1) is 13.9. The molecule has 6 heteroatoms. The molecule has 106 valence electrons. The van der Waals surface area contributed by atoms with Gasteiger partial charge in [0.2, 0.25) is 0 Å². The highest BCUT2D eigenvalue weighted by atomic mass is 16.5. The molecule has 1 aromatic carbocycles. The zero-order valence-electron chi connectivity index (χ0n) is 11.5. The predicted octanol–water partition coefficient (Wildman–Crippen LogP) is 1.86. The molecule has 1 heterocycles. The number of nitrogens with zero attached hydrogens (tertiary/aromatic N) is 1. The first-order chi connectivity index (χ1) is 9.61. The molecule has 0 aliphatic rings. The Balaban J connectivity index is 2.01. The summed E-state index contributed by atoms with van der Waals surface area (Å²) < 4.78 is 6.66. The summed E-state index contributed by atoms with van der Waals surface area (Å²) in [6.45, 7) is 1.87. The van der Waals surface area contributed by atoms with Crippen molar-refractivity contribution in [2.75, 3.05) is 18.5 Å². The predicted molar refractivity (Wildman–Crippen MR) is 76.6 cm³/mol. The summed E-state index contributed by atoms with van der Waals surface area (Å²) in [5, 5.41) is 6.13. The summed E-state index contributed by atoms with van der Waals surface area (Å²) in [6.07, 6.45) is 1.83. The zero-order chi connectivity index (χ0) is 14.5. The van der Waals surface area contributed by atoms with Crippen LogP contribution < -0.4 is 10.6 Å². The second-order valence-electron chi connectivity index (χ2n) is 4.28. The molecule has 0 aliphatic heterocycles. The lowest BCUT2D eigenvalue weighted by Crippen LogP contribution is -2.34. The summed E-state index contributed by atoms with van der Waals surface area (Å²) in [5.41, 5.74) is 1.72. The number of hydrogen-bond donors (Lipinski definition) is 2. The average Bonchev–Trinajstić information content (AvgIpc) is 2.74. The van der Waals surface area contributed by atoms with Gasteiger partial charge in [-0.3, -0.25) is 4.79 Å². The van der Waals surface area contributed by atoms with Crippen LogP contribution in [-0.2, 0) is 16.6 Å². The van der Waals surface area contributed by atoms with Gasteiger partial charge < -0.3 is 19.9 Å². The Labute approximate surface area is 116 Å². The number of aromatic nitrogens is 1. The Morgan fingerprint density at radius 3 is 2.80 bits per heavy atom. The van der Waals surface area contributed by atoms with Crippen molar-refractivity contribution in [1.29, 1.82) is 0 Å². The normalized spacial score (nSPS) is 10.3. The molecular weight excluding hydrogens is 258 g/mol. The van der Waals surface area contributed by atoms with Crippen LogP contribution in [0.4, 0.5) is 10.5 Å². The molecule has 0 spiro atoms. The molecule has 0 fully saturated rings. The van der Waals surface area contributed by atoms with E-state index in [1.165, 1.54) is 0 Å².